The van der Waals surface area contributed by atoms with E-state index in [0.717, 1.165) is 17.4 Å². The lowest BCUT2D eigenvalue weighted by molar-refractivity contribution is -0.385. The van der Waals surface area contributed by atoms with Gasteiger partial charge in [-0.3, -0.25) is 14.9 Å². The van der Waals surface area contributed by atoms with Crippen molar-refractivity contribution in [3.63, 3.8) is 0 Å². The molecule has 0 fully saturated rings. The first-order valence-electron chi connectivity index (χ1n) is 8.31. The minimum Gasteiger partial charge on any atom is -0.490 e. The van der Waals surface area contributed by atoms with Crippen LogP contribution in [0.3, 0.4) is 0 Å². The summed E-state index contributed by atoms with van der Waals surface area (Å²) in [5, 5.41) is 11.0. The molecule has 0 heterocycles. The lowest BCUT2D eigenvalue weighted by atomic mass is 9.81. The number of ether oxygens (including phenoxy) is 2. The second-order valence-electron chi connectivity index (χ2n) is 6.70. The number of rotatable bonds is 7. The van der Waals surface area contributed by atoms with E-state index in [2.05, 4.69) is 0 Å². The van der Waals surface area contributed by atoms with Crippen LogP contribution in [0.15, 0.2) is 42.5 Å². The smallest absolute Gasteiger partial charge is 0.317 e. The largest absolute Gasteiger partial charge is 0.490 e. The van der Waals surface area contributed by atoms with Gasteiger partial charge in [0.2, 0.25) is 0 Å². The Hall–Kier alpha value is -3.22. The number of carbonyl (C=O) groups excluding carboxylic acids is 2. The monoisotopic (exact) mass is 371 g/mol. The van der Waals surface area contributed by atoms with Crippen LogP contribution in [0.4, 0.5) is 5.69 Å². The van der Waals surface area contributed by atoms with E-state index in [-0.39, 0.29) is 11.4 Å². The number of nitro groups is 1. The van der Waals surface area contributed by atoms with Crippen molar-refractivity contribution in [1.82, 2.24) is 0 Å². The van der Waals surface area contributed by atoms with Crippen molar-refractivity contribution >= 4 is 17.9 Å². The molecule has 0 spiro atoms. The predicted octanol–water partition coefficient (Wildman–Crippen LogP) is 4.04. The molecule has 1 unspecified atom stereocenters. The molecule has 2 aromatic carbocycles. The standard InChI is InChI=1S/C20H21NO6/c1-13(12-22)20(2,3)19(23)27-16-8-5-14(6-9-16)15-7-10-17(21(24)25)18(11-15)26-4/h5-13H,1-4H3. The molecular weight excluding hydrogens is 350 g/mol. The summed E-state index contributed by atoms with van der Waals surface area (Å²) in [7, 11) is 1.37. The molecule has 7 heteroatoms. The molecule has 2 aromatic rings. The molecule has 0 aliphatic heterocycles. The summed E-state index contributed by atoms with van der Waals surface area (Å²) >= 11 is 0. The van der Waals surface area contributed by atoms with Gasteiger partial charge in [-0.15, -0.1) is 0 Å². The first kappa shape index (κ1) is 20.1. The van der Waals surface area contributed by atoms with Crippen LogP contribution < -0.4 is 9.47 Å². The first-order valence-corrected chi connectivity index (χ1v) is 8.31. The van der Waals surface area contributed by atoms with Gasteiger partial charge in [0.1, 0.15) is 12.0 Å². The van der Waals surface area contributed by atoms with Crippen molar-refractivity contribution in [1.29, 1.82) is 0 Å². The summed E-state index contributed by atoms with van der Waals surface area (Å²) in [6, 6.07) is 11.3. The number of carbonyl (C=O) groups is 2. The first-order chi connectivity index (χ1) is 12.7. The molecule has 142 valence electrons. The van der Waals surface area contributed by atoms with Gasteiger partial charge in [0.15, 0.2) is 5.75 Å². The molecule has 0 saturated heterocycles. The Morgan fingerprint density at radius 1 is 1.15 bits per heavy atom. The third-order valence-corrected chi connectivity index (χ3v) is 4.64. The molecule has 0 radical (unpaired) electrons. The molecule has 0 amide bonds. The summed E-state index contributed by atoms with van der Waals surface area (Å²) in [5.74, 6) is -0.454. The van der Waals surface area contributed by atoms with E-state index in [1.54, 1.807) is 57.2 Å². The van der Waals surface area contributed by atoms with Crippen LogP contribution in [0.2, 0.25) is 0 Å². The third kappa shape index (κ3) is 4.31. The fraction of sp³-hybridized carbons (Fsp3) is 0.300. The van der Waals surface area contributed by atoms with Gasteiger partial charge in [0, 0.05) is 12.0 Å². The summed E-state index contributed by atoms with van der Waals surface area (Å²) in [4.78, 5) is 33.8. The second kappa shape index (κ2) is 7.99. The number of benzene rings is 2. The fourth-order valence-corrected chi connectivity index (χ4v) is 2.32. The van der Waals surface area contributed by atoms with Gasteiger partial charge in [0.25, 0.3) is 0 Å². The highest BCUT2D eigenvalue weighted by atomic mass is 16.6. The van der Waals surface area contributed by atoms with E-state index < -0.39 is 22.2 Å². The average molecular weight is 371 g/mol. The molecule has 0 aromatic heterocycles. The summed E-state index contributed by atoms with van der Waals surface area (Å²) in [6.45, 7) is 4.98. The molecule has 1 atom stereocenters. The molecule has 0 N–H and O–H groups in total. The fourth-order valence-electron chi connectivity index (χ4n) is 2.32. The highest BCUT2D eigenvalue weighted by Crippen LogP contribution is 2.33. The van der Waals surface area contributed by atoms with Gasteiger partial charge in [-0.1, -0.05) is 19.1 Å². The topological polar surface area (TPSA) is 95.7 Å². The Kier molecular flexibility index (Phi) is 5.95. The van der Waals surface area contributed by atoms with Crippen LogP contribution >= 0.6 is 0 Å². The number of methoxy groups -OCH3 is 1. The van der Waals surface area contributed by atoms with Crippen LogP contribution in [0.25, 0.3) is 11.1 Å². The third-order valence-electron chi connectivity index (χ3n) is 4.64. The Bertz CT molecular complexity index is 857. The van der Waals surface area contributed by atoms with Crippen LogP contribution in [0.1, 0.15) is 20.8 Å². The van der Waals surface area contributed by atoms with E-state index in [1.165, 1.54) is 13.2 Å². The van der Waals surface area contributed by atoms with Crippen molar-refractivity contribution in [3.8, 4) is 22.6 Å². The van der Waals surface area contributed by atoms with E-state index >= 15 is 0 Å². The van der Waals surface area contributed by atoms with Crippen LogP contribution in [-0.2, 0) is 9.59 Å². The Morgan fingerprint density at radius 2 is 1.74 bits per heavy atom. The molecule has 7 nitrogen and oxygen atoms in total. The van der Waals surface area contributed by atoms with Crippen LogP contribution in [-0.4, -0.2) is 24.3 Å². The summed E-state index contributed by atoms with van der Waals surface area (Å²) in [6.07, 6.45) is 0.729. The zero-order chi connectivity index (χ0) is 20.2. The molecular formula is C20H21NO6. The molecule has 0 aliphatic carbocycles. The zero-order valence-electron chi connectivity index (χ0n) is 15.6. The summed E-state index contributed by atoms with van der Waals surface area (Å²) in [5.41, 5.74) is 0.457. The Balaban J connectivity index is 2.22. The van der Waals surface area contributed by atoms with Gasteiger partial charge in [0.05, 0.1) is 17.4 Å². The van der Waals surface area contributed by atoms with Crippen LogP contribution in [0.5, 0.6) is 11.5 Å². The maximum absolute atomic E-state index is 12.3. The number of aldehydes is 1. The SMILES string of the molecule is COc1cc(-c2ccc(OC(=O)C(C)(C)C(C)C=O)cc2)ccc1[N+](=O)[O-]. The van der Waals surface area contributed by atoms with E-state index in [4.69, 9.17) is 9.47 Å². The Morgan fingerprint density at radius 3 is 2.26 bits per heavy atom. The highest BCUT2D eigenvalue weighted by molar-refractivity contribution is 5.82. The lowest BCUT2D eigenvalue weighted by Crippen LogP contribution is -2.35. The minimum absolute atomic E-state index is 0.113. The quantitative estimate of drug-likeness (QED) is 0.240. The molecule has 0 bridgehead atoms. The maximum Gasteiger partial charge on any atom is 0.317 e. The molecule has 0 saturated carbocycles. The highest BCUT2D eigenvalue weighted by Gasteiger charge is 2.35. The number of hydrogen-bond acceptors (Lipinski definition) is 6. The van der Waals surface area contributed by atoms with Crippen molar-refractivity contribution < 1.29 is 24.0 Å². The van der Waals surface area contributed by atoms with Crippen LogP contribution in [0, 0.1) is 21.4 Å². The lowest BCUT2D eigenvalue weighted by Gasteiger charge is -2.25. The second-order valence-corrected chi connectivity index (χ2v) is 6.70. The van der Waals surface area contributed by atoms with Crippen molar-refractivity contribution in [3.05, 3.63) is 52.6 Å². The van der Waals surface area contributed by atoms with E-state index in [0.29, 0.717) is 5.75 Å². The molecule has 27 heavy (non-hydrogen) atoms. The number of hydrogen-bond donors (Lipinski definition) is 0. The molecule has 0 aliphatic rings. The normalized spacial score (nSPS) is 12.1. The van der Waals surface area contributed by atoms with Crippen molar-refractivity contribution in [2.24, 2.45) is 11.3 Å². The predicted molar refractivity (Wildman–Crippen MR) is 99.7 cm³/mol. The number of nitrogens with zero attached hydrogens (tertiary/aromatic N) is 1. The van der Waals surface area contributed by atoms with Gasteiger partial charge >= 0.3 is 11.7 Å². The van der Waals surface area contributed by atoms with Crippen molar-refractivity contribution in [2.45, 2.75) is 20.8 Å². The van der Waals surface area contributed by atoms with Crippen molar-refractivity contribution in [2.75, 3.05) is 7.11 Å². The zero-order valence-corrected chi connectivity index (χ0v) is 15.6. The average Bonchev–Trinajstić information content (AvgIpc) is 2.67. The maximum atomic E-state index is 12.3. The Labute approximate surface area is 157 Å². The van der Waals surface area contributed by atoms with Gasteiger partial charge in [-0.25, -0.2) is 0 Å². The van der Waals surface area contributed by atoms with E-state index in [1.807, 2.05) is 0 Å². The van der Waals surface area contributed by atoms with Gasteiger partial charge < -0.3 is 14.3 Å². The number of esters is 1. The van der Waals surface area contributed by atoms with Gasteiger partial charge in [-0.05, 0) is 49.2 Å². The van der Waals surface area contributed by atoms with Gasteiger partial charge in [-0.2, -0.15) is 0 Å². The summed E-state index contributed by atoms with van der Waals surface area (Å²) < 4.78 is 10.5. The molecule has 2 rings (SSSR count). The van der Waals surface area contributed by atoms with E-state index in [9.17, 15) is 19.7 Å². The minimum atomic E-state index is -0.938. The number of nitro benzene ring substituents is 1.